The summed E-state index contributed by atoms with van der Waals surface area (Å²) < 4.78 is 4.46. The molecule has 0 unspecified atom stereocenters. The largest absolute Gasteiger partial charge is 0.469 e. The maximum absolute atomic E-state index is 10.8. The topological polar surface area (TPSA) is 82.3 Å². The van der Waals surface area contributed by atoms with E-state index in [0.29, 0.717) is 11.4 Å². The first-order chi connectivity index (χ1) is 8.04. The Kier molecular flexibility index (Phi) is 4.33. The van der Waals surface area contributed by atoms with E-state index in [1.54, 1.807) is 19.1 Å². The van der Waals surface area contributed by atoms with Gasteiger partial charge in [-0.2, -0.15) is 0 Å². The summed E-state index contributed by atoms with van der Waals surface area (Å²) in [6.45, 7) is 1.57. The lowest BCUT2D eigenvalue weighted by Gasteiger charge is -1.98. The molecule has 0 spiro atoms. The maximum Gasteiger partial charge on any atom is 0.309 e. The molecule has 0 radical (unpaired) electrons. The van der Waals surface area contributed by atoms with Crippen LogP contribution < -0.4 is 0 Å². The van der Waals surface area contributed by atoms with Crippen molar-refractivity contribution < 1.29 is 14.5 Å². The van der Waals surface area contributed by atoms with E-state index in [0.717, 1.165) is 0 Å². The Bertz CT molecular complexity index is 469. The molecule has 0 aliphatic heterocycles. The molecule has 0 aromatic carbocycles. The van der Waals surface area contributed by atoms with Crippen LogP contribution in [0, 0.1) is 17.0 Å². The second-order valence-corrected chi connectivity index (χ2v) is 3.28. The molecular formula is C11H12N2O4. The smallest absolute Gasteiger partial charge is 0.309 e. The van der Waals surface area contributed by atoms with Gasteiger partial charge in [-0.3, -0.25) is 14.9 Å². The van der Waals surface area contributed by atoms with Gasteiger partial charge in [0.25, 0.3) is 5.69 Å². The maximum atomic E-state index is 10.8. The Labute approximate surface area is 98.1 Å². The lowest BCUT2D eigenvalue weighted by molar-refractivity contribution is -0.385. The van der Waals surface area contributed by atoms with E-state index in [1.165, 1.54) is 19.2 Å². The Morgan fingerprint density at radius 2 is 2.29 bits per heavy atom. The van der Waals surface area contributed by atoms with Gasteiger partial charge in [0.15, 0.2) is 0 Å². The number of methoxy groups -OCH3 is 1. The molecule has 90 valence electrons. The van der Waals surface area contributed by atoms with Gasteiger partial charge < -0.3 is 4.74 Å². The van der Waals surface area contributed by atoms with Crippen LogP contribution in [-0.2, 0) is 9.53 Å². The van der Waals surface area contributed by atoms with Crippen LogP contribution >= 0.6 is 0 Å². The molecule has 0 atom stereocenters. The number of nitro groups is 1. The summed E-state index contributed by atoms with van der Waals surface area (Å²) in [6, 6.07) is 2.92. The molecule has 6 nitrogen and oxygen atoms in total. The molecule has 0 aliphatic carbocycles. The number of ether oxygens (including phenoxy) is 1. The molecule has 6 heteroatoms. The second kappa shape index (κ2) is 5.74. The van der Waals surface area contributed by atoms with Gasteiger partial charge in [-0.05, 0) is 19.1 Å². The summed E-state index contributed by atoms with van der Waals surface area (Å²) in [4.78, 5) is 24.9. The molecule has 0 saturated heterocycles. The summed E-state index contributed by atoms with van der Waals surface area (Å²) in [5.74, 6) is -0.347. The van der Waals surface area contributed by atoms with Crippen LogP contribution in [-0.4, -0.2) is 23.0 Å². The number of aryl methyl sites for hydroxylation is 1. The monoisotopic (exact) mass is 236 g/mol. The molecule has 1 heterocycles. The second-order valence-electron chi connectivity index (χ2n) is 3.28. The van der Waals surface area contributed by atoms with Gasteiger partial charge in [-0.25, -0.2) is 4.98 Å². The number of esters is 1. The number of pyridine rings is 1. The molecule has 0 aliphatic rings. The van der Waals surface area contributed by atoms with E-state index in [1.807, 2.05) is 0 Å². The molecule has 17 heavy (non-hydrogen) atoms. The zero-order valence-corrected chi connectivity index (χ0v) is 9.54. The lowest BCUT2D eigenvalue weighted by atomic mass is 10.2. The number of nitrogens with zero attached hydrogens (tertiary/aromatic N) is 2. The fourth-order valence-electron chi connectivity index (χ4n) is 1.22. The number of hydrogen-bond donors (Lipinski definition) is 0. The first-order valence-corrected chi connectivity index (χ1v) is 4.90. The van der Waals surface area contributed by atoms with Crippen LogP contribution in [0.15, 0.2) is 18.2 Å². The molecule has 0 fully saturated rings. The normalized spacial score (nSPS) is 10.5. The molecule has 1 aromatic heterocycles. The summed E-state index contributed by atoms with van der Waals surface area (Å²) in [5.41, 5.74) is 0.891. The molecule has 0 saturated carbocycles. The van der Waals surface area contributed by atoms with Crippen molar-refractivity contribution in [3.8, 4) is 0 Å². The van der Waals surface area contributed by atoms with Crippen LogP contribution in [0.25, 0.3) is 6.08 Å². The van der Waals surface area contributed by atoms with E-state index in [9.17, 15) is 14.9 Å². The van der Waals surface area contributed by atoms with Gasteiger partial charge in [0.1, 0.15) is 5.69 Å². The fraction of sp³-hybridized carbons (Fsp3) is 0.273. The fourth-order valence-corrected chi connectivity index (χ4v) is 1.22. The Balaban J connectivity index is 2.77. The van der Waals surface area contributed by atoms with Crippen molar-refractivity contribution in [1.82, 2.24) is 4.98 Å². The summed E-state index contributed by atoms with van der Waals surface area (Å²) >= 11 is 0. The average Bonchev–Trinajstić information content (AvgIpc) is 2.28. The highest BCUT2D eigenvalue weighted by molar-refractivity contribution is 5.72. The van der Waals surface area contributed by atoms with E-state index >= 15 is 0 Å². The summed E-state index contributed by atoms with van der Waals surface area (Å²) in [6.07, 6.45) is 3.36. The van der Waals surface area contributed by atoms with Crippen molar-refractivity contribution >= 4 is 17.7 Å². The number of rotatable bonds is 4. The minimum absolute atomic E-state index is 0.0184. The molecule has 0 amide bonds. The zero-order valence-electron chi connectivity index (χ0n) is 9.54. The highest BCUT2D eigenvalue weighted by Gasteiger charge is 2.10. The van der Waals surface area contributed by atoms with Gasteiger partial charge in [0.05, 0.1) is 24.1 Å². The average molecular weight is 236 g/mol. The van der Waals surface area contributed by atoms with Crippen LogP contribution in [0.4, 0.5) is 5.69 Å². The Morgan fingerprint density at radius 3 is 2.82 bits per heavy atom. The predicted molar refractivity (Wildman–Crippen MR) is 61.3 cm³/mol. The SMILES string of the molecule is COC(=O)CC=Cc1ccc([N+](=O)[O-])c(C)n1. The summed E-state index contributed by atoms with van der Waals surface area (Å²) in [5, 5.41) is 10.6. The van der Waals surface area contributed by atoms with E-state index < -0.39 is 4.92 Å². The van der Waals surface area contributed by atoms with Crippen LogP contribution in [0.2, 0.25) is 0 Å². The standard InChI is InChI=1S/C11H12N2O4/c1-8-10(13(15)16)7-6-9(12-8)4-3-5-11(14)17-2/h3-4,6-7H,5H2,1-2H3. The van der Waals surface area contributed by atoms with Crippen molar-refractivity contribution in [2.75, 3.05) is 7.11 Å². The van der Waals surface area contributed by atoms with Crippen molar-refractivity contribution in [2.45, 2.75) is 13.3 Å². The van der Waals surface area contributed by atoms with E-state index in [2.05, 4.69) is 9.72 Å². The third-order valence-corrected chi connectivity index (χ3v) is 2.08. The van der Waals surface area contributed by atoms with Gasteiger partial charge >= 0.3 is 5.97 Å². The van der Waals surface area contributed by atoms with E-state index in [-0.39, 0.29) is 18.1 Å². The highest BCUT2D eigenvalue weighted by atomic mass is 16.6. The first kappa shape index (κ1) is 12.8. The molecule has 1 rings (SSSR count). The molecule has 0 N–H and O–H groups in total. The Morgan fingerprint density at radius 1 is 1.59 bits per heavy atom. The molecule has 0 bridgehead atoms. The van der Waals surface area contributed by atoms with Gasteiger partial charge in [-0.1, -0.05) is 6.08 Å². The minimum Gasteiger partial charge on any atom is -0.469 e. The van der Waals surface area contributed by atoms with Crippen molar-refractivity contribution in [3.63, 3.8) is 0 Å². The minimum atomic E-state index is -0.482. The zero-order chi connectivity index (χ0) is 12.8. The predicted octanol–water partition coefficient (Wildman–Crippen LogP) is 1.87. The quantitative estimate of drug-likeness (QED) is 0.452. The van der Waals surface area contributed by atoms with E-state index in [4.69, 9.17) is 0 Å². The van der Waals surface area contributed by atoms with Crippen molar-refractivity contribution in [3.05, 3.63) is 39.7 Å². The third-order valence-electron chi connectivity index (χ3n) is 2.08. The van der Waals surface area contributed by atoms with Crippen molar-refractivity contribution in [2.24, 2.45) is 0 Å². The lowest BCUT2D eigenvalue weighted by Crippen LogP contribution is -1.97. The molecule has 1 aromatic rings. The Hall–Kier alpha value is -2.24. The van der Waals surface area contributed by atoms with Gasteiger partial charge in [0.2, 0.25) is 0 Å². The van der Waals surface area contributed by atoms with Gasteiger partial charge in [0, 0.05) is 6.07 Å². The number of hydrogen-bond acceptors (Lipinski definition) is 5. The van der Waals surface area contributed by atoms with Crippen LogP contribution in [0.3, 0.4) is 0 Å². The van der Waals surface area contributed by atoms with Gasteiger partial charge in [-0.15, -0.1) is 0 Å². The third kappa shape index (κ3) is 3.67. The number of aromatic nitrogens is 1. The first-order valence-electron chi connectivity index (χ1n) is 4.90. The highest BCUT2D eigenvalue weighted by Crippen LogP contribution is 2.16. The van der Waals surface area contributed by atoms with Crippen LogP contribution in [0.1, 0.15) is 17.8 Å². The number of carbonyl (C=O) groups is 1. The van der Waals surface area contributed by atoms with Crippen molar-refractivity contribution in [1.29, 1.82) is 0 Å². The molecular weight excluding hydrogens is 224 g/mol. The summed E-state index contributed by atoms with van der Waals surface area (Å²) in [7, 11) is 1.31. The number of carbonyl (C=O) groups excluding carboxylic acids is 1. The van der Waals surface area contributed by atoms with Crippen LogP contribution in [0.5, 0.6) is 0 Å².